The fourth-order valence-corrected chi connectivity index (χ4v) is 2.86. The molecule has 0 spiro atoms. The number of rotatable bonds is 3. The highest BCUT2D eigenvalue weighted by Gasteiger charge is 2.16. The molecule has 1 amide bonds. The van der Waals surface area contributed by atoms with Gasteiger partial charge in [-0.3, -0.25) is 4.79 Å². The third-order valence-corrected chi connectivity index (χ3v) is 4.50. The number of aryl methyl sites for hydroxylation is 2. The standard InChI is InChI=1S/C18H16Cl2N4O/c1-10-9-11(2)24(23-10)16-8-7-14(20)17(22-16)18(25)21-15-6-4-5-13(19)12(15)3/h4-9H,1-3H3,(H,21,25). The number of hydrogen-bond donors (Lipinski definition) is 1. The molecule has 3 rings (SSSR count). The van der Waals surface area contributed by atoms with E-state index < -0.39 is 5.91 Å². The van der Waals surface area contributed by atoms with E-state index in [4.69, 9.17) is 23.2 Å². The number of nitrogens with zero attached hydrogens (tertiary/aromatic N) is 3. The van der Waals surface area contributed by atoms with Crippen LogP contribution in [0.1, 0.15) is 27.4 Å². The quantitative estimate of drug-likeness (QED) is 0.719. The van der Waals surface area contributed by atoms with E-state index in [1.807, 2.05) is 26.8 Å². The summed E-state index contributed by atoms with van der Waals surface area (Å²) in [5.41, 5.74) is 3.32. The van der Waals surface area contributed by atoms with Crippen molar-refractivity contribution in [3.63, 3.8) is 0 Å². The molecule has 0 bridgehead atoms. The molecule has 0 aliphatic heterocycles. The average molecular weight is 375 g/mol. The Kier molecular flexibility index (Phi) is 4.79. The van der Waals surface area contributed by atoms with Crippen LogP contribution in [0, 0.1) is 20.8 Å². The molecule has 0 aliphatic rings. The van der Waals surface area contributed by atoms with E-state index in [9.17, 15) is 4.79 Å². The van der Waals surface area contributed by atoms with Gasteiger partial charge in [0.2, 0.25) is 0 Å². The molecule has 0 atom stereocenters. The highest BCUT2D eigenvalue weighted by atomic mass is 35.5. The summed E-state index contributed by atoms with van der Waals surface area (Å²) >= 11 is 12.3. The first kappa shape index (κ1) is 17.5. The zero-order chi connectivity index (χ0) is 18.1. The fraction of sp³-hybridized carbons (Fsp3) is 0.167. The molecule has 0 saturated heterocycles. The van der Waals surface area contributed by atoms with Gasteiger partial charge in [-0.25, -0.2) is 9.67 Å². The van der Waals surface area contributed by atoms with Crippen LogP contribution in [0.25, 0.3) is 5.82 Å². The van der Waals surface area contributed by atoms with Gasteiger partial charge in [0.1, 0.15) is 5.69 Å². The number of halogens is 2. The predicted molar refractivity (Wildman–Crippen MR) is 100.0 cm³/mol. The van der Waals surface area contributed by atoms with Crippen LogP contribution >= 0.6 is 23.2 Å². The summed E-state index contributed by atoms with van der Waals surface area (Å²) in [5, 5.41) is 8.03. The molecule has 0 fully saturated rings. The minimum Gasteiger partial charge on any atom is -0.320 e. The molecule has 0 saturated carbocycles. The molecule has 0 radical (unpaired) electrons. The van der Waals surface area contributed by atoms with E-state index in [2.05, 4.69) is 15.4 Å². The summed E-state index contributed by atoms with van der Waals surface area (Å²) < 4.78 is 1.67. The molecular weight excluding hydrogens is 359 g/mol. The molecule has 1 N–H and O–H groups in total. The van der Waals surface area contributed by atoms with Crippen LogP contribution in [-0.2, 0) is 0 Å². The maximum Gasteiger partial charge on any atom is 0.275 e. The zero-order valence-electron chi connectivity index (χ0n) is 14.0. The Hall–Kier alpha value is -2.37. The van der Waals surface area contributed by atoms with E-state index in [0.29, 0.717) is 16.5 Å². The molecule has 3 aromatic rings. The second-order valence-corrected chi connectivity index (χ2v) is 6.52. The molecule has 0 aliphatic carbocycles. The van der Waals surface area contributed by atoms with Crippen LogP contribution < -0.4 is 5.32 Å². The van der Waals surface area contributed by atoms with Crippen molar-refractivity contribution in [3.8, 4) is 5.82 Å². The molecule has 7 heteroatoms. The van der Waals surface area contributed by atoms with Crippen molar-refractivity contribution in [2.24, 2.45) is 0 Å². The number of amides is 1. The lowest BCUT2D eigenvalue weighted by molar-refractivity contribution is 0.102. The number of anilines is 1. The van der Waals surface area contributed by atoms with Gasteiger partial charge in [-0.2, -0.15) is 5.10 Å². The van der Waals surface area contributed by atoms with Crippen LogP contribution in [-0.4, -0.2) is 20.7 Å². The molecule has 5 nitrogen and oxygen atoms in total. The van der Waals surface area contributed by atoms with Gasteiger partial charge in [-0.15, -0.1) is 0 Å². The van der Waals surface area contributed by atoms with Gasteiger partial charge in [0, 0.05) is 16.4 Å². The first-order valence-electron chi connectivity index (χ1n) is 7.63. The zero-order valence-corrected chi connectivity index (χ0v) is 15.5. The van der Waals surface area contributed by atoms with Crippen LogP contribution in [0.3, 0.4) is 0 Å². The number of nitrogens with one attached hydrogen (secondary N) is 1. The van der Waals surface area contributed by atoms with E-state index in [1.54, 1.807) is 35.0 Å². The van der Waals surface area contributed by atoms with Crippen LogP contribution in [0.2, 0.25) is 10.0 Å². The number of carbonyl (C=O) groups excluding carboxylic acids is 1. The Labute approximate surface area is 155 Å². The van der Waals surface area contributed by atoms with E-state index in [1.165, 1.54) is 0 Å². The fourth-order valence-electron chi connectivity index (χ4n) is 2.49. The van der Waals surface area contributed by atoms with Gasteiger partial charge < -0.3 is 5.32 Å². The van der Waals surface area contributed by atoms with Crippen LogP contribution in [0.4, 0.5) is 5.69 Å². The normalized spacial score (nSPS) is 10.8. The Balaban J connectivity index is 1.96. The maximum absolute atomic E-state index is 12.6. The van der Waals surface area contributed by atoms with Gasteiger partial charge in [0.25, 0.3) is 5.91 Å². The molecule has 2 heterocycles. The minimum absolute atomic E-state index is 0.131. The summed E-state index contributed by atoms with van der Waals surface area (Å²) in [6.07, 6.45) is 0. The summed E-state index contributed by atoms with van der Waals surface area (Å²) in [6, 6.07) is 10.6. The summed E-state index contributed by atoms with van der Waals surface area (Å²) in [6.45, 7) is 5.65. The number of aromatic nitrogens is 3. The Morgan fingerprint density at radius 3 is 2.52 bits per heavy atom. The SMILES string of the molecule is Cc1cc(C)n(-c2ccc(Cl)c(C(=O)Nc3cccc(Cl)c3C)n2)n1. The minimum atomic E-state index is -0.404. The lowest BCUT2D eigenvalue weighted by Crippen LogP contribution is -2.16. The summed E-state index contributed by atoms with van der Waals surface area (Å²) in [7, 11) is 0. The van der Waals surface area contributed by atoms with Crippen molar-refractivity contribution in [1.29, 1.82) is 0 Å². The highest BCUT2D eigenvalue weighted by Crippen LogP contribution is 2.24. The van der Waals surface area contributed by atoms with E-state index in [0.717, 1.165) is 17.0 Å². The third kappa shape index (κ3) is 3.52. The van der Waals surface area contributed by atoms with Crippen LogP contribution in [0.15, 0.2) is 36.4 Å². The van der Waals surface area contributed by atoms with Gasteiger partial charge in [0.15, 0.2) is 5.82 Å². The largest absolute Gasteiger partial charge is 0.320 e. The van der Waals surface area contributed by atoms with E-state index >= 15 is 0 Å². The molecule has 0 unspecified atom stereocenters. The van der Waals surface area contributed by atoms with Crippen molar-refractivity contribution in [2.75, 3.05) is 5.32 Å². The van der Waals surface area contributed by atoms with Crippen molar-refractivity contribution < 1.29 is 4.79 Å². The average Bonchev–Trinajstić information content (AvgIpc) is 2.90. The van der Waals surface area contributed by atoms with Gasteiger partial charge in [-0.05, 0) is 56.7 Å². The number of hydrogen-bond acceptors (Lipinski definition) is 3. The number of carbonyl (C=O) groups is 1. The van der Waals surface area contributed by atoms with Gasteiger partial charge >= 0.3 is 0 Å². The highest BCUT2D eigenvalue weighted by molar-refractivity contribution is 6.34. The van der Waals surface area contributed by atoms with Crippen molar-refractivity contribution in [1.82, 2.24) is 14.8 Å². The first-order chi connectivity index (χ1) is 11.9. The smallest absolute Gasteiger partial charge is 0.275 e. The number of pyridine rings is 1. The van der Waals surface area contributed by atoms with Crippen LogP contribution in [0.5, 0.6) is 0 Å². The Morgan fingerprint density at radius 1 is 1.08 bits per heavy atom. The molecule has 1 aromatic carbocycles. The van der Waals surface area contributed by atoms with Gasteiger partial charge in [0.05, 0.1) is 10.7 Å². The van der Waals surface area contributed by atoms with Crippen molar-refractivity contribution in [3.05, 3.63) is 69.1 Å². The van der Waals surface area contributed by atoms with Crippen molar-refractivity contribution in [2.45, 2.75) is 20.8 Å². The molecule has 25 heavy (non-hydrogen) atoms. The van der Waals surface area contributed by atoms with Crippen molar-refractivity contribution >= 4 is 34.8 Å². The lowest BCUT2D eigenvalue weighted by Gasteiger charge is -2.11. The second-order valence-electron chi connectivity index (χ2n) is 5.71. The predicted octanol–water partition coefficient (Wildman–Crippen LogP) is 4.75. The Bertz CT molecular complexity index is 966. The third-order valence-electron chi connectivity index (χ3n) is 3.79. The molecule has 128 valence electrons. The monoisotopic (exact) mass is 374 g/mol. The molecular formula is C18H16Cl2N4O. The van der Waals surface area contributed by atoms with Gasteiger partial charge in [-0.1, -0.05) is 29.3 Å². The number of benzene rings is 1. The van der Waals surface area contributed by atoms with E-state index in [-0.39, 0.29) is 10.7 Å². The summed E-state index contributed by atoms with van der Waals surface area (Å²) in [4.78, 5) is 17.0. The second kappa shape index (κ2) is 6.86. The molecule has 2 aromatic heterocycles. The lowest BCUT2D eigenvalue weighted by atomic mass is 10.2. The topological polar surface area (TPSA) is 59.8 Å². The first-order valence-corrected chi connectivity index (χ1v) is 8.39. The maximum atomic E-state index is 12.6. The Morgan fingerprint density at radius 2 is 1.84 bits per heavy atom. The summed E-state index contributed by atoms with van der Waals surface area (Å²) in [5.74, 6) is 0.127.